The lowest BCUT2D eigenvalue weighted by Gasteiger charge is -2.32. The fourth-order valence-electron chi connectivity index (χ4n) is 4.42. The third kappa shape index (κ3) is 5.14. The third-order valence-corrected chi connectivity index (χ3v) is 6.63. The summed E-state index contributed by atoms with van der Waals surface area (Å²) in [7, 11) is 5.77. The van der Waals surface area contributed by atoms with Gasteiger partial charge in [0, 0.05) is 17.4 Å². The first-order valence-corrected chi connectivity index (χ1v) is 12.0. The predicted molar refractivity (Wildman–Crippen MR) is 140 cm³/mol. The molecule has 0 amide bonds. The van der Waals surface area contributed by atoms with Crippen molar-refractivity contribution in [2.24, 2.45) is 0 Å². The van der Waals surface area contributed by atoms with Crippen molar-refractivity contribution in [3.05, 3.63) is 112 Å². The van der Waals surface area contributed by atoms with Gasteiger partial charge in [0.1, 0.15) is 11.4 Å². The summed E-state index contributed by atoms with van der Waals surface area (Å²) < 4.78 is 6.77. The van der Waals surface area contributed by atoms with Crippen LogP contribution in [-0.2, 0) is 12.0 Å². The number of benzene rings is 4. The molecule has 0 bridgehead atoms. The molecule has 0 aliphatic rings. The van der Waals surface area contributed by atoms with Crippen LogP contribution in [0.5, 0.6) is 5.75 Å². The van der Waals surface area contributed by atoms with Crippen LogP contribution in [0, 0.1) is 0 Å². The van der Waals surface area contributed by atoms with Crippen molar-refractivity contribution in [1.82, 2.24) is 4.90 Å². The molecule has 0 heterocycles. The Morgan fingerprint density at radius 2 is 1.58 bits per heavy atom. The molecule has 4 rings (SSSR count). The molecule has 1 unspecified atom stereocenters. The summed E-state index contributed by atoms with van der Waals surface area (Å²) in [5, 5.41) is 14.3. The Hall–Kier alpha value is -2.66. The fourth-order valence-corrected chi connectivity index (χ4v) is 4.90. The molecule has 4 aromatic carbocycles. The van der Waals surface area contributed by atoms with E-state index in [9.17, 15) is 5.11 Å². The van der Waals surface area contributed by atoms with Gasteiger partial charge in [0.2, 0.25) is 0 Å². The maximum Gasteiger partial charge on any atom is 0.123 e. The van der Waals surface area contributed by atoms with E-state index in [4.69, 9.17) is 4.74 Å². The normalized spacial score (nSPS) is 13.3. The van der Waals surface area contributed by atoms with Crippen LogP contribution in [0.3, 0.4) is 0 Å². The zero-order chi connectivity index (χ0) is 23.4. The molecule has 0 spiro atoms. The number of halogens is 1. The monoisotopic (exact) mass is 503 g/mol. The fraction of sp³-hybridized carbons (Fsp3) is 0.241. The topological polar surface area (TPSA) is 32.7 Å². The number of hydrogen-bond acceptors (Lipinski definition) is 3. The molecule has 0 saturated heterocycles. The first-order chi connectivity index (χ1) is 15.9. The summed E-state index contributed by atoms with van der Waals surface area (Å²) in [6, 6.07) is 28.8. The number of hydrogen-bond donors (Lipinski definition) is 1. The van der Waals surface area contributed by atoms with Crippen molar-refractivity contribution in [2.75, 3.05) is 27.7 Å². The van der Waals surface area contributed by atoms with Crippen LogP contribution in [0.15, 0.2) is 89.4 Å². The molecule has 0 radical (unpaired) electrons. The molecule has 1 atom stereocenters. The maximum atomic E-state index is 12.2. The van der Waals surface area contributed by atoms with Crippen molar-refractivity contribution in [1.29, 1.82) is 0 Å². The Labute approximate surface area is 204 Å². The second kappa shape index (κ2) is 10.1. The van der Waals surface area contributed by atoms with E-state index in [1.807, 2.05) is 56.6 Å². The first-order valence-electron chi connectivity index (χ1n) is 11.2. The van der Waals surface area contributed by atoms with E-state index in [1.54, 1.807) is 7.11 Å². The average Bonchev–Trinajstić information content (AvgIpc) is 2.83. The van der Waals surface area contributed by atoms with E-state index >= 15 is 0 Å². The van der Waals surface area contributed by atoms with Gasteiger partial charge in [-0.1, -0.05) is 76.6 Å². The molecule has 0 aliphatic heterocycles. The van der Waals surface area contributed by atoms with E-state index in [1.165, 1.54) is 5.56 Å². The largest absolute Gasteiger partial charge is 0.496 e. The quantitative estimate of drug-likeness (QED) is 0.302. The minimum Gasteiger partial charge on any atom is -0.496 e. The van der Waals surface area contributed by atoms with Crippen molar-refractivity contribution in [3.63, 3.8) is 0 Å². The van der Waals surface area contributed by atoms with Gasteiger partial charge in [0.15, 0.2) is 0 Å². The van der Waals surface area contributed by atoms with E-state index in [0.29, 0.717) is 6.42 Å². The summed E-state index contributed by atoms with van der Waals surface area (Å²) in [6.45, 7) is 0.753. The lowest BCUT2D eigenvalue weighted by atomic mass is 9.80. The number of aliphatic hydroxyl groups is 1. The Bertz CT molecular complexity index is 1220. The third-order valence-electron chi connectivity index (χ3n) is 6.17. The lowest BCUT2D eigenvalue weighted by molar-refractivity contribution is 0.0643. The van der Waals surface area contributed by atoms with Crippen LogP contribution in [0.2, 0.25) is 0 Å². The number of rotatable bonds is 8. The summed E-state index contributed by atoms with van der Waals surface area (Å²) >= 11 is 3.70. The molecule has 0 aromatic heterocycles. The Morgan fingerprint density at radius 3 is 2.21 bits per heavy atom. The van der Waals surface area contributed by atoms with E-state index < -0.39 is 5.60 Å². The Balaban J connectivity index is 1.90. The molecule has 4 heteroatoms. The van der Waals surface area contributed by atoms with Crippen molar-refractivity contribution in [3.8, 4) is 5.75 Å². The van der Waals surface area contributed by atoms with E-state index in [2.05, 4.69) is 63.3 Å². The highest BCUT2D eigenvalue weighted by Gasteiger charge is 2.33. The minimum atomic E-state index is -1.14. The highest BCUT2D eigenvalue weighted by Crippen LogP contribution is 2.41. The number of ether oxygens (including phenoxy) is 1. The van der Waals surface area contributed by atoms with Gasteiger partial charge in [-0.25, -0.2) is 0 Å². The maximum absolute atomic E-state index is 12.2. The van der Waals surface area contributed by atoms with Gasteiger partial charge in [-0.3, -0.25) is 0 Å². The summed E-state index contributed by atoms with van der Waals surface area (Å²) in [4.78, 5) is 2.10. The van der Waals surface area contributed by atoms with Crippen molar-refractivity contribution < 1.29 is 9.84 Å². The van der Waals surface area contributed by atoms with Crippen LogP contribution in [-0.4, -0.2) is 37.8 Å². The molecule has 0 saturated carbocycles. The second-order valence-corrected chi connectivity index (χ2v) is 9.70. The zero-order valence-corrected chi connectivity index (χ0v) is 21.0. The van der Waals surface area contributed by atoms with E-state index in [-0.39, 0.29) is 0 Å². The molecule has 33 heavy (non-hydrogen) atoms. The summed E-state index contributed by atoms with van der Waals surface area (Å²) in [5.41, 5.74) is 2.98. The number of nitrogens with zero attached hydrogens (tertiary/aromatic N) is 1. The van der Waals surface area contributed by atoms with Gasteiger partial charge in [-0.15, -0.1) is 0 Å². The van der Waals surface area contributed by atoms with Gasteiger partial charge in [-0.2, -0.15) is 0 Å². The van der Waals surface area contributed by atoms with Crippen molar-refractivity contribution in [2.45, 2.75) is 18.4 Å². The predicted octanol–water partition coefficient (Wildman–Crippen LogP) is 6.39. The molecule has 0 aliphatic carbocycles. The number of methoxy groups -OCH3 is 1. The number of fused-ring (bicyclic) bond motifs is 1. The van der Waals surface area contributed by atoms with Crippen LogP contribution in [0.4, 0.5) is 0 Å². The van der Waals surface area contributed by atoms with Gasteiger partial charge < -0.3 is 14.7 Å². The van der Waals surface area contributed by atoms with Gasteiger partial charge in [0.25, 0.3) is 0 Å². The molecular weight excluding hydrogens is 474 g/mol. The second-order valence-electron chi connectivity index (χ2n) is 8.78. The standard InChI is InChI=1S/C29H30BrNO2/c1-31(2)15-14-29(32,24-12-8-5-9-13-24)27-19-25(30)18-22-17-23(28(33-3)20-26(22)27)16-21-10-6-4-7-11-21/h4-13,17-20,32H,14-16H2,1-3H3. The van der Waals surface area contributed by atoms with Gasteiger partial charge >= 0.3 is 0 Å². The Kier molecular flexibility index (Phi) is 7.18. The lowest BCUT2D eigenvalue weighted by Crippen LogP contribution is -2.32. The SMILES string of the molecule is COc1cc2c(C(O)(CCN(C)C)c3ccccc3)cc(Br)cc2cc1Cc1ccccc1. The minimum absolute atomic E-state index is 0.573. The van der Waals surface area contributed by atoms with Crippen LogP contribution >= 0.6 is 15.9 Å². The van der Waals surface area contributed by atoms with Gasteiger partial charge in [-0.05, 0) is 77.8 Å². The summed E-state index contributed by atoms with van der Waals surface area (Å²) in [5.74, 6) is 0.831. The Morgan fingerprint density at radius 1 is 0.909 bits per heavy atom. The molecule has 170 valence electrons. The molecule has 1 N–H and O–H groups in total. The molecule has 4 aromatic rings. The van der Waals surface area contributed by atoms with Crippen LogP contribution in [0.25, 0.3) is 10.8 Å². The summed E-state index contributed by atoms with van der Waals surface area (Å²) in [6.07, 6.45) is 1.36. The van der Waals surface area contributed by atoms with E-state index in [0.717, 1.165) is 50.7 Å². The smallest absolute Gasteiger partial charge is 0.123 e. The molecule has 0 fully saturated rings. The van der Waals surface area contributed by atoms with Crippen LogP contribution in [0.1, 0.15) is 28.7 Å². The van der Waals surface area contributed by atoms with Crippen LogP contribution < -0.4 is 4.74 Å². The van der Waals surface area contributed by atoms with Gasteiger partial charge in [0.05, 0.1) is 7.11 Å². The zero-order valence-electron chi connectivity index (χ0n) is 19.4. The molecule has 3 nitrogen and oxygen atoms in total. The average molecular weight is 504 g/mol. The molecular formula is C29H30BrNO2. The van der Waals surface area contributed by atoms with Crippen molar-refractivity contribution >= 4 is 26.7 Å². The highest BCUT2D eigenvalue weighted by atomic mass is 79.9. The highest BCUT2D eigenvalue weighted by molar-refractivity contribution is 9.10. The first kappa shape index (κ1) is 23.5.